The van der Waals surface area contributed by atoms with Crippen molar-refractivity contribution >= 4 is 5.91 Å². The second kappa shape index (κ2) is 5.71. The van der Waals surface area contributed by atoms with Crippen molar-refractivity contribution < 1.29 is 18.8 Å². The number of amides is 1. The maximum Gasteiger partial charge on any atom is 0.254 e. The summed E-state index contributed by atoms with van der Waals surface area (Å²) in [5.41, 5.74) is 5.41. The van der Waals surface area contributed by atoms with Crippen LogP contribution in [0.5, 0.6) is 0 Å². The first kappa shape index (κ1) is 14.0. The zero-order valence-corrected chi connectivity index (χ0v) is 11.3. The van der Waals surface area contributed by atoms with E-state index in [1.54, 1.807) is 0 Å². The Labute approximate surface area is 112 Å². The SMILES string of the molecule is CC(C)(COC1CCCCO1)c1no[c]c1C(N)=O. The monoisotopic (exact) mass is 267 g/mol. The van der Waals surface area contributed by atoms with Gasteiger partial charge in [-0.25, -0.2) is 0 Å². The Balaban J connectivity index is 2.00. The van der Waals surface area contributed by atoms with Gasteiger partial charge >= 0.3 is 0 Å². The molecule has 2 heterocycles. The molecule has 105 valence electrons. The molecular weight excluding hydrogens is 248 g/mol. The normalized spacial score (nSPS) is 20.4. The Kier molecular flexibility index (Phi) is 4.21. The number of aromatic nitrogens is 1. The van der Waals surface area contributed by atoms with Crippen molar-refractivity contribution in [2.75, 3.05) is 13.2 Å². The summed E-state index contributed by atoms with van der Waals surface area (Å²) >= 11 is 0. The lowest BCUT2D eigenvalue weighted by molar-refractivity contribution is -0.170. The third-order valence-corrected chi connectivity index (χ3v) is 3.18. The lowest BCUT2D eigenvalue weighted by Gasteiger charge is -2.28. The van der Waals surface area contributed by atoms with E-state index >= 15 is 0 Å². The minimum Gasteiger partial charge on any atom is -0.365 e. The molecule has 0 aromatic carbocycles. The first-order valence-corrected chi connectivity index (χ1v) is 6.41. The highest BCUT2D eigenvalue weighted by atomic mass is 16.7. The third-order valence-electron chi connectivity index (χ3n) is 3.18. The molecule has 1 aliphatic heterocycles. The Bertz CT molecular complexity index is 436. The molecule has 1 fully saturated rings. The second-order valence-corrected chi connectivity index (χ2v) is 5.36. The van der Waals surface area contributed by atoms with Crippen molar-refractivity contribution in [2.24, 2.45) is 5.73 Å². The number of hydrogen-bond acceptors (Lipinski definition) is 5. The maximum atomic E-state index is 11.3. The number of rotatable bonds is 5. The Morgan fingerprint density at radius 1 is 1.58 bits per heavy atom. The Morgan fingerprint density at radius 3 is 3.00 bits per heavy atom. The minimum absolute atomic E-state index is 0.179. The molecule has 19 heavy (non-hydrogen) atoms. The van der Waals surface area contributed by atoms with Crippen molar-refractivity contribution in [1.29, 1.82) is 0 Å². The van der Waals surface area contributed by atoms with Crippen molar-refractivity contribution in [3.05, 3.63) is 17.5 Å². The number of hydrogen-bond donors (Lipinski definition) is 1. The zero-order valence-electron chi connectivity index (χ0n) is 11.3. The van der Waals surface area contributed by atoms with E-state index in [4.69, 9.17) is 19.7 Å². The maximum absolute atomic E-state index is 11.3. The molecule has 1 amide bonds. The summed E-state index contributed by atoms with van der Waals surface area (Å²) in [6.07, 6.45) is 5.30. The van der Waals surface area contributed by atoms with E-state index in [2.05, 4.69) is 11.4 Å². The highest BCUT2D eigenvalue weighted by molar-refractivity contribution is 5.93. The molecule has 2 rings (SSSR count). The van der Waals surface area contributed by atoms with Crippen LogP contribution in [0.25, 0.3) is 0 Å². The van der Waals surface area contributed by atoms with Crippen LogP contribution in [-0.4, -0.2) is 30.6 Å². The third kappa shape index (κ3) is 3.33. The summed E-state index contributed by atoms with van der Waals surface area (Å²) in [7, 11) is 0. The summed E-state index contributed by atoms with van der Waals surface area (Å²) in [5, 5.41) is 3.82. The van der Waals surface area contributed by atoms with Crippen LogP contribution in [0.4, 0.5) is 0 Å². The quantitative estimate of drug-likeness (QED) is 0.871. The van der Waals surface area contributed by atoms with Gasteiger partial charge in [0.05, 0.1) is 6.61 Å². The highest BCUT2D eigenvalue weighted by Gasteiger charge is 2.31. The van der Waals surface area contributed by atoms with Gasteiger partial charge in [0.25, 0.3) is 5.91 Å². The van der Waals surface area contributed by atoms with E-state index in [-0.39, 0.29) is 11.9 Å². The molecule has 0 bridgehead atoms. The molecule has 2 N–H and O–H groups in total. The summed E-state index contributed by atoms with van der Waals surface area (Å²) in [6, 6.07) is 0. The van der Waals surface area contributed by atoms with E-state index in [1.165, 1.54) is 0 Å². The molecular formula is C13H19N2O4. The van der Waals surface area contributed by atoms with Crippen molar-refractivity contribution in [3.8, 4) is 0 Å². The minimum atomic E-state index is -0.599. The molecule has 1 aliphatic rings. The fourth-order valence-electron chi connectivity index (χ4n) is 2.05. The largest absolute Gasteiger partial charge is 0.365 e. The predicted octanol–water partition coefficient (Wildman–Crippen LogP) is 1.39. The van der Waals surface area contributed by atoms with Crippen LogP contribution in [0.15, 0.2) is 4.52 Å². The summed E-state index contributed by atoms with van der Waals surface area (Å²) < 4.78 is 16.0. The van der Waals surface area contributed by atoms with Gasteiger partial charge in [0.2, 0.25) is 6.26 Å². The van der Waals surface area contributed by atoms with Gasteiger partial charge in [0.1, 0.15) is 11.3 Å². The van der Waals surface area contributed by atoms with Gasteiger partial charge < -0.3 is 19.7 Å². The standard InChI is InChI=1S/C13H19N2O4/c1-13(2,8-18-10-5-3-4-6-17-10)11-9(12(14)16)7-19-15-11/h10H,3-6,8H2,1-2H3,(H2,14,16). The molecule has 6 nitrogen and oxygen atoms in total. The molecule has 6 heteroatoms. The molecule has 1 saturated heterocycles. The lowest BCUT2D eigenvalue weighted by Crippen LogP contribution is -2.32. The van der Waals surface area contributed by atoms with Crippen molar-refractivity contribution in [1.82, 2.24) is 5.16 Å². The van der Waals surface area contributed by atoms with E-state index in [9.17, 15) is 4.79 Å². The van der Waals surface area contributed by atoms with Crippen molar-refractivity contribution in [3.63, 3.8) is 0 Å². The number of carbonyl (C=O) groups excluding carboxylic acids is 1. The zero-order chi connectivity index (χ0) is 13.9. The van der Waals surface area contributed by atoms with Crippen LogP contribution < -0.4 is 5.73 Å². The predicted molar refractivity (Wildman–Crippen MR) is 66.4 cm³/mol. The van der Waals surface area contributed by atoms with Crippen LogP contribution >= 0.6 is 0 Å². The van der Waals surface area contributed by atoms with E-state index in [1.807, 2.05) is 13.8 Å². The Morgan fingerprint density at radius 2 is 2.37 bits per heavy atom. The van der Waals surface area contributed by atoms with Crippen LogP contribution in [0.2, 0.25) is 0 Å². The number of primary amides is 1. The van der Waals surface area contributed by atoms with Gasteiger partial charge in [-0.05, 0) is 19.3 Å². The number of ether oxygens (including phenoxy) is 2. The average molecular weight is 267 g/mol. The van der Waals surface area contributed by atoms with Gasteiger partial charge in [-0.2, -0.15) is 0 Å². The molecule has 1 atom stereocenters. The van der Waals surface area contributed by atoms with E-state index < -0.39 is 11.3 Å². The van der Waals surface area contributed by atoms with Gasteiger partial charge in [0.15, 0.2) is 6.29 Å². The summed E-state index contributed by atoms with van der Waals surface area (Å²) in [5.74, 6) is -0.599. The van der Waals surface area contributed by atoms with Gasteiger partial charge in [-0.1, -0.05) is 19.0 Å². The fraction of sp³-hybridized carbons (Fsp3) is 0.692. The fourth-order valence-corrected chi connectivity index (χ4v) is 2.05. The molecule has 1 aromatic rings. The second-order valence-electron chi connectivity index (χ2n) is 5.36. The molecule has 0 aliphatic carbocycles. The smallest absolute Gasteiger partial charge is 0.254 e. The number of nitrogens with two attached hydrogens (primary N) is 1. The van der Waals surface area contributed by atoms with Crippen LogP contribution in [0, 0.1) is 6.26 Å². The van der Waals surface area contributed by atoms with E-state index in [0.717, 1.165) is 25.9 Å². The van der Waals surface area contributed by atoms with Gasteiger partial charge in [0, 0.05) is 12.0 Å². The Hall–Kier alpha value is -1.40. The van der Waals surface area contributed by atoms with Crippen molar-refractivity contribution in [2.45, 2.75) is 44.8 Å². The molecule has 1 aromatic heterocycles. The number of carbonyl (C=O) groups is 1. The van der Waals surface area contributed by atoms with Gasteiger partial charge in [-0.3, -0.25) is 4.79 Å². The first-order valence-electron chi connectivity index (χ1n) is 6.41. The van der Waals surface area contributed by atoms with Gasteiger partial charge in [-0.15, -0.1) is 0 Å². The lowest BCUT2D eigenvalue weighted by atomic mass is 9.88. The topological polar surface area (TPSA) is 87.6 Å². The van der Waals surface area contributed by atoms with Crippen LogP contribution in [0.3, 0.4) is 0 Å². The van der Waals surface area contributed by atoms with Crippen LogP contribution in [0.1, 0.15) is 49.2 Å². The molecule has 0 saturated carbocycles. The molecule has 1 unspecified atom stereocenters. The van der Waals surface area contributed by atoms with E-state index in [0.29, 0.717) is 12.3 Å². The first-order chi connectivity index (χ1) is 9.00. The van der Waals surface area contributed by atoms with Crippen LogP contribution in [-0.2, 0) is 14.9 Å². The highest BCUT2D eigenvalue weighted by Crippen LogP contribution is 2.26. The summed E-state index contributed by atoms with van der Waals surface area (Å²) in [4.78, 5) is 11.3. The average Bonchev–Trinajstić information content (AvgIpc) is 2.88. The molecule has 0 spiro atoms. The number of nitrogens with zero attached hydrogens (tertiary/aromatic N) is 1. The summed E-state index contributed by atoms with van der Waals surface area (Å²) in [6.45, 7) is 4.93. The molecule has 1 radical (unpaired) electrons.